The van der Waals surface area contributed by atoms with Crippen LogP contribution >= 0.6 is 0 Å². The largest absolute Gasteiger partial charge is 0.465 e. The highest BCUT2D eigenvalue weighted by atomic mass is 19.1. The number of nitrogens with zero attached hydrogens (tertiary/aromatic N) is 1. The smallest absolute Gasteiger partial charge is 0.339 e. The molecular weight excluding hydrogens is 247 g/mol. The fourth-order valence-corrected chi connectivity index (χ4v) is 2.44. The molecule has 0 bridgehead atoms. The molecule has 104 valence electrons. The molecule has 2 atom stereocenters. The fourth-order valence-electron chi connectivity index (χ4n) is 2.44. The van der Waals surface area contributed by atoms with Crippen LogP contribution in [0, 0.1) is 5.82 Å². The zero-order valence-corrected chi connectivity index (χ0v) is 11.4. The topological polar surface area (TPSA) is 41.6 Å². The van der Waals surface area contributed by atoms with E-state index >= 15 is 0 Å². The Labute approximate surface area is 112 Å². The van der Waals surface area contributed by atoms with Gasteiger partial charge in [-0.3, -0.25) is 0 Å². The van der Waals surface area contributed by atoms with E-state index in [0.29, 0.717) is 17.3 Å². The van der Waals surface area contributed by atoms with Gasteiger partial charge in [-0.25, -0.2) is 9.18 Å². The van der Waals surface area contributed by atoms with Crippen molar-refractivity contribution in [3.63, 3.8) is 0 Å². The van der Waals surface area contributed by atoms with Crippen LogP contribution in [0.4, 0.5) is 10.1 Å². The van der Waals surface area contributed by atoms with E-state index in [4.69, 9.17) is 4.74 Å². The molecule has 0 spiro atoms. The van der Waals surface area contributed by atoms with E-state index in [1.165, 1.54) is 25.3 Å². The molecule has 1 aliphatic heterocycles. The van der Waals surface area contributed by atoms with E-state index in [1.807, 2.05) is 0 Å². The number of anilines is 1. The number of esters is 1. The first kappa shape index (κ1) is 13.8. The fraction of sp³-hybridized carbons (Fsp3) is 0.500. The molecule has 1 N–H and O–H groups in total. The number of rotatable bonds is 3. The van der Waals surface area contributed by atoms with E-state index in [9.17, 15) is 9.18 Å². The van der Waals surface area contributed by atoms with Crippen LogP contribution in [-0.4, -0.2) is 43.7 Å². The molecule has 1 aliphatic rings. The van der Waals surface area contributed by atoms with E-state index in [2.05, 4.69) is 24.2 Å². The Bertz CT molecular complexity index is 469. The average molecular weight is 266 g/mol. The van der Waals surface area contributed by atoms with Crippen LogP contribution in [0.3, 0.4) is 0 Å². The van der Waals surface area contributed by atoms with Gasteiger partial charge in [-0.1, -0.05) is 0 Å². The number of halogens is 1. The van der Waals surface area contributed by atoms with Crippen molar-refractivity contribution in [2.45, 2.75) is 25.4 Å². The van der Waals surface area contributed by atoms with Gasteiger partial charge >= 0.3 is 5.97 Å². The summed E-state index contributed by atoms with van der Waals surface area (Å²) in [5.74, 6) is -0.823. The average Bonchev–Trinajstić information content (AvgIpc) is 2.67. The lowest BCUT2D eigenvalue weighted by Crippen LogP contribution is -2.25. The Morgan fingerprint density at radius 2 is 2.26 bits per heavy atom. The van der Waals surface area contributed by atoms with Crippen LogP contribution in [0.5, 0.6) is 0 Å². The summed E-state index contributed by atoms with van der Waals surface area (Å²) in [6.07, 6.45) is 0.966. The molecule has 5 heteroatoms. The number of hydrogen-bond donors (Lipinski definition) is 1. The molecule has 1 aromatic rings. The van der Waals surface area contributed by atoms with Crippen LogP contribution in [0.2, 0.25) is 0 Å². The number of carbonyl (C=O) groups is 1. The summed E-state index contributed by atoms with van der Waals surface area (Å²) in [7, 11) is 3.38. The first-order valence-electron chi connectivity index (χ1n) is 6.36. The summed E-state index contributed by atoms with van der Waals surface area (Å²) in [4.78, 5) is 13.9. The summed E-state index contributed by atoms with van der Waals surface area (Å²) >= 11 is 0. The van der Waals surface area contributed by atoms with Crippen LogP contribution in [-0.2, 0) is 4.74 Å². The minimum atomic E-state index is -0.457. The lowest BCUT2D eigenvalue weighted by Gasteiger charge is -2.16. The highest BCUT2D eigenvalue weighted by Gasteiger charge is 2.27. The van der Waals surface area contributed by atoms with E-state index < -0.39 is 5.97 Å². The lowest BCUT2D eigenvalue weighted by atomic mass is 10.1. The standard InChI is InChI=1S/C14H19FN2O2/c1-9-6-11(8-17(9)2)16-13-7-10(15)4-5-12(13)14(18)19-3/h4-5,7,9,11,16H,6,8H2,1-3H3. The molecular formula is C14H19FN2O2. The Morgan fingerprint density at radius 3 is 2.84 bits per heavy atom. The van der Waals surface area contributed by atoms with Crippen molar-refractivity contribution in [1.82, 2.24) is 4.90 Å². The third-order valence-electron chi connectivity index (χ3n) is 3.63. The SMILES string of the molecule is COC(=O)c1ccc(F)cc1NC1CC(C)N(C)C1. The van der Waals surface area contributed by atoms with Crippen molar-refractivity contribution in [2.75, 3.05) is 26.0 Å². The maximum Gasteiger partial charge on any atom is 0.339 e. The van der Waals surface area contributed by atoms with Gasteiger partial charge in [0.05, 0.1) is 18.4 Å². The zero-order chi connectivity index (χ0) is 14.0. The minimum Gasteiger partial charge on any atom is -0.465 e. The summed E-state index contributed by atoms with van der Waals surface area (Å²) in [5.41, 5.74) is 0.866. The van der Waals surface area contributed by atoms with Gasteiger partial charge in [-0.2, -0.15) is 0 Å². The second-order valence-electron chi connectivity index (χ2n) is 5.05. The molecule has 0 aromatic heterocycles. The van der Waals surface area contributed by atoms with Gasteiger partial charge in [0.15, 0.2) is 0 Å². The predicted molar refractivity (Wildman–Crippen MR) is 71.9 cm³/mol. The molecule has 1 fully saturated rings. The van der Waals surface area contributed by atoms with Gasteiger partial charge < -0.3 is 15.0 Å². The van der Waals surface area contributed by atoms with Crippen LogP contribution in [0.25, 0.3) is 0 Å². The third kappa shape index (κ3) is 3.04. The normalized spacial score (nSPS) is 23.4. The molecule has 1 saturated heterocycles. The summed E-state index contributed by atoms with van der Waals surface area (Å²) in [5, 5.41) is 3.24. The molecule has 0 amide bonds. The van der Waals surface area contributed by atoms with Crippen molar-refractivity contribution in [3.05, 3.63) is 29.6 Å². The number of nitrogens with one attached hydrogen (secondary N) is 1. The number of hydrogen-bond acceptors (Lipinski definition) is 4. The Hall–Kier alpha value is -1.62. The Morgan fingerprint density at radius 1 is 1.53 bits per heavy atom. The van der Waals surface area contributed by atoms with Crippen molar-refractivity contribution < 1.29 is 13.9 Å². The monoisotopic (exact) mass is 266 g/mol. The van der Waals surface area contributed by atoms with Crippen molar-refractivity contribution in [1.29, 1.82) is 0 Å². The van der Waals surface area contributed by atoms with E-state index in [0.717, 1.165) is 13.0 Å². The predicted octanol–water partition coefficient (Wildman–Crippen LogP) is 2.12. The Balaban J connectivity index is 2.19. The molecule has 2 rings (SSSR count). The molecule has 2 unspecified atom stereocenters. The summed E-state index contributed by atoms with van der Waals surface area (Å²) in [6.45, 7) is 3.02. The molecule has 0 saturated carbocycles. The van der Waals surface area contributed by atoms with Gasteiger partial charge in [-0.15, -0.1) is 0 Å². The number of likely N-dealkylation sites (N-methyl/N-ethyl adjacent to an activating group) is 1. The Kier molecular flexibility index (Phi) is 4.04. The van der Waals surface area contributed by atoms with Gasteiger partial charge in [-0.05, 0) is 38.6 Å². The number of carbonyl (C=O) groups excluding carboxylic acids is 1. The zero-order valence-electron chi connectivity index (χ0n) is 11.4. The first-order valence-corrected chi connectivity index (χ1v) is 6.36. The molecule has 1 aromatic carbocycles. The van der Waals surface area contributed by atoms with Crippen molar-refractivity contribution >= 4 is 11.7 Å². The maximum atomic E-state index is 13.3. The number of likely N-dealkylation sites (tertiary alicyclic amines) is 1. The van der Waals surface area contributed by atoms with E-state index in [-0.39, 0.29) is 11.9 Å². The van der Waals surface area contributed by atoms with Crippen LogP contribution < -0.4 is 5.32 Å². The highest BCUT2D eigenvalue weighted by molar-refractivity contribution is 5.95. The number of methoxy groups -OCH3 is 1. The minimum absolute atomic E-state index is 0.213. The summed E-state index contributed by atoms with van der Waals surface area (Å²) < 4.78 is 18.1. The second kappa shape index (κ2) is 5.57. The van der Waals surface area contributed by atoms with Crippen LogP contribution in [0.1, 0.15) is 23.7 Å². The highest BCUT2D eigenvalue weighted by Crippen LogP contribution is 2.23. The number of benzene rings is 1. The second-order valence-corrected chi connectivity index (χ2v) is 5.05. The van der Waals surface area contributed by atoms with Gasteiger partial charge in [0.25, 0.3) is 0 Å². The molecule has 0 radical (unpaired) electrons. The lowest BCUT2D eigenvalue weighted by molar-refractivity contribution is 0.0601. The molecule has 0 aliphatic carbocycles. The van der Waals surface area contributed by atoms with Crippen molar-refractivity contribution in [2.24, 2.45) is 0 Å². The number of ether oxygens (including phenoxy) is 1. The van der Waals surface area contributed by atoms with Gasteiger partial charge in [0, 0.05) is 18.6 Å². The maximum absolute atomic E-state index is 13.3. The van der Waals surface area contributed by atoms with E-state index in [1.54, 1.807) is 0 Å². The van der Waals surface area contributed by atoms with Crippen LogP contribution in [0.15, 0.2) is 18.2 Å². The third-order valence-corrected chi connectivity index (χ3v) is 3.63. The quantitative estimate of drug-likeness (QED) is 0.851. The molecule has 4 nitrogen and oxygen atoms in total. The first-order chi connectivity index (χ1) is 9.01. The van der Waals surface area contributed by atoms with Gasteiger partial charge in [0.1, 0.15) is 5.82 Å². The summed E-state index contributed by atoms with van der Waals surface area (Å²) in [6, 6.07) is 4.75. The molecule has 19 heavy (non-hydrogen) atoms. The van der Waals surface area contributed by atoms with Crippen molar-refractivity contribution in [3.8, 4) is 0 Å². The van der Waals surface area contributed by atoms with Gasteiger partial charge in [0.2, 0.25) is 0 Å². The molecule has 1 heterocycles.